The number of fused-ring (bicyclic) bond motifs is 3. The maximum Gasteiger partial charge on any atom is 0.313 e. The normalized spacial score (nSPS) is 11.2. The molecule has 0 spiro atoms. The largest absolute Gasteiger partial charge is 0.466 e. The van der Waals surface area contributed by atoms with Gasteiger partial charge in [0, 0.05) is 5.69 Å². The lowest BCUT2D eigenvalue weighted by Gasteiger charge is -2.09. The fourth-order valence-electron chi connectivity index (χ4n) is 2.73. The molecule has 0 amide bonds. The van der Waals surface area contributed by atoms with Crippen LogP contribution >= 0.6 is 0 Å². The number of nitrogens with zero attached hydrogens (tertiary/aromatic N) is 6. The Morgan fingerprint density at radius 3 is 2.81 bits per heavy atom. The Balaban J connectivity index is 1.81. The van der Waals surface area contributed by atoms with E-state index in [0.717, 1.165) is 11.3 Å². The van der Waals surface area contributed by atoms with Gasteiger partial charge in [0.25, 0.3) is 0 Å². The number of hydrogen-bond donors (Lipinski definition) is 1. The fourth-order valence-corrected chi connectivity index (χ4v) is 2.73. The summed E-state index contributed by atoms with van der Waals surface area (Å²) in [5.74, 6) is 0.399. The van der Waals surface area contributed by atoms with Crippen LogP contribution < -0.4 is 5.32 Å². The van der Waals surface area contributed by atoms with E-state index < -0.39 is 5.97 Å². The molecule has 0 saturated carbocycles. The fraction of sp³-hybridized carbons (Fsp3) is 0.294. The molecule has 138 valence electrons. The predicted octanol–water partition coefficient (Wildman–Crippen LogP) is 2.13. The van der Waals surface area contributed by atoms with Gasteiger partial charge in [0.15, 0.2) is 11.6 Å². The molecular formula is C17H17N7O3. The topological polar surface area (TPSA) is 120 Å². The Labute approximate surface area is 153 Å². The van der Waals surface area contributed by atoms with Crippen LogP contribution in [0, 0.1) is 13.8 Å². The number of ether oxygens (including phenoxy) is 1. The zero-order valence-electron chi connectivity index (χ0n) is 15.1. The van der Waals surface area contributed by atoms with E-state index in [1.807, 2.05) is 32.0 Å². The van der Waals surface area contributed by atoms with Crippen molar-refractivity contribution in [3.05, 3.63) is 35.2 Å². The molecule has 10 heteroatoms. The van der Waals surface area contributed by atoms with E-state index in [4.69, 9.17) is 9.37 Å². The lowest BCUT2D eigenvalue weighted by Crippen LogP contribution is -2.11. The highest BCUT2D eigenvalue weighted by Gasteiger charge is 2.20. The number of carbonyl (C=O) groups excluding carboxylic acids is 1. The van der Waals surface area contributed by atoms with E-state index in [2.05, 4.69) is 30.8 Å². The Kier molecular flexibility index (Phi) is 4.15. The van der Waals surface area contributed by atoms with Crippen LogP contribution in [-0.2, 0) is 16.0 Å². The van der Waals surface area contributed by atoms with Gasteiger partial charge >= 0.3 is 5.97 Å². The molecule has 0 bridgehead atoms. The first-order valence-electron chi connectivity index (χ1n) is 8.43. The summed E-state index contributed by atoms with van der Waals surface area (Å²) < 4.78 is 11.4. The zero-order chi connectivity index (χ0) is 19.0. The second-order valence-electron chi connectivity index (χ2n) is 6.05. The number of rotatable bonds is 5. The molecule has 1 N–H and O–H groups in total. The third-order valence-electron chi connectivity index (χ3n) is 4.20. The Bertz CT molecular complexity index is 1150. The van der Waals surface area contributed by atoms with Crippen LogP contribution in [-0.4, -0.2) is 42.5 Å². The van der Waals surface area contributed by atoms with Gasteiger partial charge in [-0.15, -0.1) is 10.2 Å². The zero-order valence-corrected chi connectivity index (χ0v) is 15.1. The van der Waals surface area contributed by atoms with E-state index in [9.17, 15) is 4.79 Å². The minimum atomic E-state index is -0.406. The third-order valence-corrected chi connectivity index (χ3v) is 4.20. The van der Waals surface area contributed by atoms with Gasteiger partial charge in [0.1, 0.15) is 6.42 Å². The number of aryl methyl sites for hydroxylation is 2. The summed E-state index contributed by atoms with van der Waals surface area (Å²) in [7, 11) is 0. The van der Waals surface area contributed by atoms with Crippen LogP contribution in [0.2, 0.25) is 0 Å². The SMILES string of the molecule is CCOC(=O)Cc1nnc2c(Nc3ccc(C)c(C)c3)nc3nonc3n12. The highest BCUT2D eigenvalue weighted by molar-refractivity contribution is 5.80. The van der Waals surface area contributed by atoms with E-state index in [-0.39, 0.29) is 18.7 Å². The van der Waals surface area contributed by atoms with Gasteiger partial charge in [-0.25, -0.2) is 9.61 Å². The highest BCUT2D eigenvalue weighted by Crippen LogP contribution is 2.24. The molecule has 4 aromatic rings. The predicted molar refractivity (Wildman–Crippen MR) is 95.7 cm³/mol. The second kappa shape index (κ2) is 6.63. The van der Waals surface area contributed by atoms with E-state index in [0.29, 0.717) is 22.9 Å². The highest BCUT2D eigenvalue weighted by atomic mass is 16.6. The van der Waals surface area contributed by atoms with Crippen molar-refractivity contribution in [1.82, 2.24) is 29.9 Å². The van der Waals surface area contributed by atoms with Crippen LogP contribution in [0.5, 0.6) is 0 Å². The maximum absolute atomic E-state index is 11.9. The molecule has 3 heterocycles. The van der Waals surface area contributed by atoms with Crippen molar-refractivity contribution in [3.8, 4) is 0 Å². The molecule has 0 fully saturated rings. The number of benzene rings is 1. The van der Waals surface area contributed by atoms with Crippen LogP contribution in [0.1, 0.15) is 23.9 Å². The minimum absolute atomic E-state index is 0.0515. The second-order valence-corrected chi connectivity index (χ2v) is 6.05. The van der Waals surface area contributed by atoms with E-state index >= 15 is 0 Å². The van der Waals surface area contributed by atoms with Crippen molar-refractivity contribution in [2.45, 2.75) is 27.2 Å². The van der Waals surface area contributed by atoms with Crippen molar-refractivity contribution in [2.75, 3.05) is 11.9 Å². The first-order valence-corrected chi connectivity index (χ1v) is 8.43. The summed E-state index contributed by atoms with van der Waals surface area (Å²) in [5, 5.41) is 19.2. The molecule has 10 nitrogen and oxygen atoms in total. The van der Waals surface area contributed by atoms with Gasteiger partial charge in [-0.2, -0.15) is 0 Å². The molecule has 3 aromatic heterocycles. The van der Waals surface area contributed by atoms with Crippen LogP contribution in [0.25, 0.3) is 16.9 Å². The molecule has 0 radical (unpaired) electrons. The average Bonchev–Trinajstić information content (AvgIpc) is 3.25. The summed E-state index contributed by atoms with van der Waals surface area (Å²) >= 11 is 0. The first kappa shape index (κ1) is 16.9. The molecule has 0 aliphatic heterocycles. The smallest absolute Gasteiger partial charge is 0.313 e. The number of hydrogen-bond acceptors (Lipinski definition) is 9. The number of anilines is 2. The van der Waals surface area contributed by atoms with Crippen molar-refractivity contribution in [1.29, 1.82) is 0 Å². The average molecular weight is 367 g/mol. The molecule has 4 rings (SSSR count). The van der Waals surface area contributed by atoms with Gasteiger partial charge in [0.05, 0.1) is 6.61 Å². The molecule has 0 aliphatic carbocycles. The van der Waals surface area contributed by atoms with Crippen molar-refractivity contribution >= 4 is 34.4 Å². The lowest BCUT2D eigenvalue weighted by molar-refractivity contribution is -0.142. The molecule has 27 heavy (non-hydrogen) atoms. The first-order chi connectivity index (χ1) is 13.1. The summed E-state index contributed by atoms with van der Waals surface area (Å²) in [6.07, 6.45) is -0.0515. The molecule has 1 aromatic carbocycles. The van der Waals surface area contributed by atoms with Gasteiger partial charge in [0.2, 0.25) is 16.9 Å². The van der Waals surface area contributed by atoms with Crippen LogP contribution in [0.4, 0.5) is 11.5 Å². The van der Waals surface area contributed by atoms with Gasteiger partial charge in [-0.1, -0.05) is 6.07 Å². The van der Waals surface area contributed by atoms with Crippen molar-refractivity contribution in [3.63, 3.8) is 0 Å². The summed E-state index contributed by atoms with van der Waals surface area (Å²) in [4.78, 5) is 16.3. The van der Waals surface area contributed by atoms with Gasteiger partial charge in [-0.3, -0.25) is 9.20 Å². The number of esters is 1. The molecule has 0 unspecified atom stereocenters. The van der Waals surface area contributed by atoms with Crippen molar-refractivity contribution < 1.29 is 14.2 Å². The molecule has 0 saturated heterocycles. The van der Waals surface area contributed by atoms with E-state index in [1.54, 1.807) is 11.3 Å². The summed E-state index contributed by atoms with van der Waals surface area (Å²) in [6.45, 7) is 6.11. The Morgan fingerprint density at radius 1 is 1.19 bits per heavy atom. The Hall–Kier alpha value is -3.56. The number of nitrogens with one attached hydrogen (secondary N) is 1. The molecule has 0 atom stereocenters. The van der Waals surface area contributed by atoms with Crippen LogP contribution in [0.3, 0.4) is 0 Å². The molecular weight excluding hydrogens is 350 g/mol. The van der Waals surface area contributed by atoms with Gasteiger partial charge in [-0.05, 0) is 54.3 Å². The van der Waals surface area contributed by atoms with Crippen molar-refractivity contribution in [2.24, 2.45) is 0 Å². The van der Waals surface area contributed by atoms with Crippen LogP contribution in [0.15, 0.2) is 22.8 Å². The third kappa shape index (κ3) is 3.05. The lowest BCUT2D eigenvalue weighted by atomic mass is 10.1. The number of carbonyl (C=O) groups is 1. The number of aromatic nitrogens is 6. The summed E-state index contributed by atoms with van der Waals surface area (Å²) in [6, 6.07) is 5.97. The standard InChI is InChI=1S/C17H17N7O3/c1-4-26-13(25)8-12-20-21-16-14(18-11-6-5-9(2)10(3)7-11)19-15-17(24(12)16)23-27-22-15/h5-7H,4,8H2,1-3H3,(H,18,19,22). The Morgan fingerprint density at radius 2 is 2.04 bits per heavy atom. The minimum Gasteiger partial charge on any atom is -0.466 e. The summed E-state index contributed by atoms with van der Waals surface area (Å²) in [5.41, 5.74) is 4.20. The van der Waals surface area contributed by atoms with Gasteiger partial charge < -0.3 is 10.1 Å². The maximum atomic E-state index is 11.9. The van der Waals surface area contributed by atoms with E-state index in [1.165, 1.54) is 5.56 Å². The monoisotopic (exact) mass is 367 g/mol. The molecule has 0 aliphatic rings. The quantitative estimate of drug-likeness (QED) is 0.529.